The highest BCUT2D eigenvalue weighted by molar-refractivity contribution is 6.05. The quantitative estimate of drug-likeness (QED) is 0.582. The second-order valence-corrected chi connectivity index (χ2v) is 5.66. The van der Waals surface area contributed by atoms with Crippen LogP contribution in [0.15, 0.2) is 24.3 Å². The monoisotopic (exact) mass is 331 g/mol. The number of hydrogen-bond acceptors (Lipinski definition) is 3. The second kappa shape index (κ2) is 6.06. The normalized spacial score (nSPS) is 13.4. The minimum Gasteiger partial charge on any atom is -0.359 e. The van der Waals surface area contributed by atoms with Crippen LogP contribution in [0.2, 0.25) is 0 Å². The van der Waals surface area contributed by atoms with Crippen LogP contribution in [0.25, 0.3) is 10.9 Å². The van der Waals surface area contributed by atoms with Crippen LogP contribution >= 0.6 is 12.4 Å². The van der Waals surface area contributed by atoms with E-state index in [2.05, 4.69) is 31.9 Å². The predicted molar refractivity (Wildman–Crippen MR) is 92.2 cm³/mol. The van der Waals surface area contributed by atoms with E-state index < -0.39 is 0 Å². The molecule has 0 fully saturated rings. The summed E-state index contributed by atoms with van der Waals surface area (Å²) >= 11 is 0. The number of hydrogen-bond donors (Lipinski definition) is 4. The van der Waals surface area contributed by atoms with E-state index in [1.165, 1.54) is 0 Å². The summed E-state index contributed by atoms with van der Waals surface area (Å²) in [7, 11) is 0. The van der Waals surface area contributed by atoms with E-state index in [0.29, 0.717) is 12.2 Å². The van der Waals surface area contributed by atoms with Crippen LogP contribution in [-0.4, -0.2) is 27.6 Å². The minimum absolute atomic E-state index is 0. The summed E-state index contributed by atoms with van der Waals surface area (Å²) < 4.78 is 0. The number of aryl methyl sites for hydroxylation is 1. The van der Waals surface area contributed by atoms with E-state index >= 15 is 0 Å². The Hall–Kier alpha value is -2.31. The van der Waals surface area contributed by atoms with E-state index in [4.69, 9.17) is 0 Å². The number of fused-ring (bicyclic) bond motifs is 2. The lowest BCUT2D eigenvalue weighted by atomic mass is 10.1. The average Bonchev–Trinajstić information content (AvgIpc) is 3.09. The van der Waals surface area contributed by atoms with Gasteiger partial charge in [0.05, 0.1) is 0 Å². The zero-order valence-electron chi connectivity index (χ0n) is 12.7. The van der Waals surface area contributed by atoms with E-state index in [9.17, 15) is 4.79 Å². The fourth-order valence-electron chi connectivity index (χ4n) is 2.96. The molecule has 2 aromatic heterocycles. The van der Waals surface area contributed by atoms with Crippen LogP contribution < -0.4 is 10.6 Å². The molecule has 3 aromatic rings. The van der Waals surface area contributed by atoms with Gasteiger partial charge in [-0.15, -0.1) is 12.4 Å². The highest BCUT2D eigenvalue weighted by atomic mass is 35.5. The Bertz CT molecular complexity index is 867. The number of nitrogens with one attached hydrogen (secondary N) is 4. The van der Waals surface area contributed by atoms with Crippen molar-refractivity contribution in [2.24, 2.45) is 0 Å². The first-order valence-electron chi connectivity index (χ1n) is 7.38. The molecule has 1 aliphatic heterocycles. The maximum atomic E-state index is 12.5. The molecule has 120 valence electrons. The van der Waals surface area contributed by atoms with Gasteiger partial charge in [-0.05, 0) is 31.2 Å². The van der Waals surface area contributed by atoms with Gasteiger partial charge < -0.3 is 15.6 Å². The van der Waals surface area contributed by atoms with Crippen LogP contribution in [0.5, 0.6) is 0 Å². The molecule has 7 heteroatoms. The molecule has 0 spiro atoms. The molecular formula is C16H18ClN5O. The highest BCUT2D eigenvalue weighted by Gasteiger charge is 2.21. The first-order chi connectivity index (χ1) is 10.7. The number of aromatic amines is 2. The van der Waals surface area contributed by atoms with Crippen molar-refractivity contribution >= 4 is 34.9 Å². The summed E-state index contributed by atoms with van der Waals surface area (Å²) in [5.74, 6) is -0.173. The van der Waals surface area contributed by atoms with E-state index in [0.717, 1.165) is 46.5 Å². The molecule has 0 atom stereocenters. The molecule has 1 amide bonds. The van der Waals surface area contributed by atoms with Crippen LogP contribution in [-0.2, 0) is 13.0 Å². The number of aromatic nitrogens is 3. The molecule has 0 aliphatic carbocycles. The SMILES string of the molecule is Cc1cc2cc(NC(=O)c3n[nH]c4c3CNCC4)ccc2[nH]1.Cl. The largest absolute Gasteiger partial charge is 0.359 e. The van der Waals surface area contributed by atoms with Gasteiger partial charge in [0.2, 0.25) is 0 Å². The molecule has 4 N–H and O–H groups in total. The van der Waals surface area contributed by atoms with Crippen molar-refractivity contribution in [1.29, 1.82) is 0 Å². The van der Waals surface area contributed by atoms with Crippen molar-refractivity contribution in [1.82, 2.24) is 20.5 Å². The first-order valence-corrected chi connectivity index (χ1v) is 7.38. The number of amides is 1. The third kappa shape index (κ3) is 2.83. The van der Waals surface area contributed by atoms with Gasteiger partial charge in [-0.1, -0.05) is 0 Å². The zero-order valence-corrected chi connectivity index (χ0v) is 13.5. The van der Waals surface area contributed by atoms with Crippen molar-refractivity contribution in [2.45, 2.75) is 19.9 Å². The standard InChI is InChI=1S/C16H17N5O.ClH/c1-9-6-10-7-11(2-3-13(10)18-9)19-16(22)15-12-8-17-5-4-14(12)20-21-15;/h2-3,6-7,17-18H,4-5,8H2,1H3,(H,19,22)(H,20,21);1H. The van der Waals surface area contributed by atoms with Gasteiger partial charge in [0.1, 0.15) is 0 Å². The predicted octanol–water partition coefficient (Wildman–Crippen LogP) is 2.52. The molecule has 0 unspecified atom stereocenters. The molecule has 1 aliphatic rings. The summed E-state index contributed by atoms with van der Waals surface area (Å²) in [5, 5.41) is 14.4. The van der Waals surface area contributed by atoms with Gasteiger partial charge in [0.25, 0.3) is 5.91 Å². The molecule has 23 heavy (non-hydrogen) atoms. The van der Waals surface area contributed by atoms with Crippen LogP contribution in [0.3, 0.4) is 0 Å². The van der Waals surface area contributed by atoms with Gasteiger partial charge >= 0.3 is 0 Å². The maximum absolute atomic E-state index is 12.5. The summed E-state index contributed by atoms with van der Waals surface area (Å²) in [4.78, 5) is 15.7. The molecule has 0 radical (unpaired) electrons. The van der Waals surface area contributed by atoms with Crippen LogP contribution in [0, 0.1) is 6.92 Å². The third-order valence-corrected chi connectivity index (χ3v) is 4.03. The highest BCUT2D eigenvalue weighted by Crippen LogP contribution is 2.21. The van der Waals surface area contributed by atoms with E-state index in [1.807, 2.05) is 25.1 Å². The summed E-state index contributed by atoms with van der Waals surface area (Å²) in [6.07, 6.45) is 0.879. The molecule has 0 saturated heterocycles. The minimum atomic E-state index is -0.173. The summed E-state index contributed by atoms with van der Waals surface area (Å²) in [6, 6.07) is 7.90. The average molecular weight is 332 g/mol. The Labute approximate surface area is 139 Å². The van der Waals surface area contributed by atoms with Gasteiger partial charge in [-0.25, -0.2) is 0 Å². The molecular weight excluding hydrogens is 314 g/mol. The Morgan fingerprint density at radius 2 is 2.17 bits per heavy atom. The van der Waals surface area contributed by atoms with Crippen molar-refractivity contribution in [3.8, 4) is 0 Å². The molecule has 1 aromatic carbocycles. The van der Waals surface area contributed by atoms with Crippen molar-refractivity contribution in [3.63, 3.8) is 0 Å². The Morgan fingerprint density at radius 3 is 3.04 bits per heavy atom. The van der Waals surface area contributed by atoms with Gasteiger partial charge in [-0.3, -0.25) is 9.89 Å². The van der Waals surface area contributed by atoms with Crippen molar-refractivity contribution < 1.29 is 4.79 Å². The fraction of sp³-hybridized carbons (Fsp3) is 0.250. The maximum Gasteiger partial charge on any atom is 0.276 e. The number of carbonyl (C=O) groups is 1. The fourth-order valence-corrected chi connectivity index (χ4v) is 2.96. The number of halogens is 1. The van der Waals surface area contributed by atoms with Crippen molar-refractivity contribution in [2.75, 3.05) is 11.9 Å². The number of rotatable bonds is 2. The molecule has 6 nitrogen and oxygen atoms in total. The van der Waals surface area contributed by atoms with Gasteiger partial charge in [0.15, 0.2) is 5.69 Å². The van der Waals surface area contributed by atoms with Crippen molar-refractivity contribution in [3.05, 3.63) is 46.9 Å². The molecule has 4 rings (SSSR count). The summed E-state index contributed by atoms with van der Waals surface area (Å²) in [6.45, 7) is 3.62. The van der Waals surface area contributed by atoms with Crippen LogP contribution in [0.4, 0.5) is 5.69 Å². The van der Waals surface area contributed by atoms with Crippen LogP contribution in [0.1, 0.15) is 27.4 Å². The number of nitrogens with zero attached hydrogens (tertiary/aromatic N) is 1. The van der Waals surface area contributed by atoms with E-state index in [-0.39, 0.29) is 18.3 Å². The Balaban J connectivity index is 0.00000156. The lowest BCUT2D eigenvalue weighted by Gasteiger charge is -2.12. The Kier molecular flexibility index (Phi) is 4.11. The first kappa shape index (κ1) is 15.6. The second-order valence-electron chi connectivity index (χ2n) is 5.66. The Morgan fingerprint density at radius 1 is 1.30 bits per heavy atom. The lowest BCUT2D eigenvalue weighted by molar-refractivity contribution is 0.102. The summed E-state index contributed by atoms with van der Waals surface area (Å²) in [5.41, 5.74) is 5.45. The number of H-pyrrole nitrogens is 2. The number of carbonyl (C=O) groups excluding carboxylic acids is 1. The lowest BCUT2D eigenvalue weighted by Crippen LogP contribution is -2.25. The number of anilines is 1. The number of benzene rings is 1. The topological polar surface area (TPSA) is 85.6 Å². The smallest absolute Gasteiger partial charge is 0.276 e. The third-order valence-electron chi connectivity index (χ3n) is 4.03. The molecule has 3 heterocycles. The van der Waals surface area contributed by atoms with Gasteiger partial charge in [0, 0.05) is 53.1 Å². The van der Waals surface area contributed by atoms with Gasteiger partial charge in [-0.2, -0.15) is 5.10 Å². The zero-order chi connectivity index (χ0) is 15.1. The molecule has 0 bridgehead atoms. The molecule has 0 saturated carbocycles. The van der Waals surface area contributed by atoms with E-state index in [1.54, 1.807) is 0 Å².